The maximum Gasteiger partial charge on any atom is 0.274 e. The predicted octanol–water partition coefficient (Wildman–Crippen LogP) is 2.87. The molecule has 5 heteroatoms. The van der Waals surface area contributed by atoms with Gasteiger partial charge in [-0.2, -0.15) is 0 Å². The molecule has 0 unspecified atom stereocenters. The Balaban J connectivity index is 3.35. The minimum absolute atomic E-state index is 0.0611. The Morgan fingerprint density at radius 2 is 2.12 bits per heavy atom. The molecule has 4 nitrogen and oxygen atoms in total. The summed E-state index contributed by atoms with van der Waals surface area (Å²) in [4.78, 5) is 10.5. The highest BCUT2D eigenvalue weighted by Crippen LogP contribution is 2.38. The second kappa shape index (κ2) is 4.80. The molecule has 2 N–H and O–H groups in total. The molecule has 0 fully saturated rings. The summed E-state index contributed by atoms with van der Waals surface area (Å²) < 4.78 is 0. The lowest BCUT2D eigenvalue weighted by atomic mass is 9.80. The molecule has 0 amide bonds. The SMILES string of the molecule is CC(C)(CCN)c1c(Cl)cccc1[N+](=O)[O-]. The van der Waals surface area contributed by atoms with E-state index in [1.165, 1.54) is 6.07 Å². The molecule has 0 saturated carbocycles. The minimum atomic E-state index is -0.403. The van der Waals surface area contributed by atoms with E-state index >= 15 is 0 Å². The molecule has 0 aliphatic carbocycles. The quantitative estimate of drug-likeness (QED) is 0.652. The molecule has 0 bridgehead atoms. The standard InChI is InChI=1S/C11H15ClN2O2/c1-11(2,6-7-13)10-8(12)4-3-5-9(10)14(15)16/h3-5H,6-7,13H2,1-2H3. The van der Waals surface area contributed by atoms with Crippen LogP contribution in [0, 0.1) is 10.1 Å². The Bertz CT molecular complexity index is 405. The Hall–Kier alpha value is -1.13. The first-order valence-corrected chi connectivity index (χ1v) is 5.41. The number of benzene rings is 1. The van der Waals surface area contributed by atoms with Crippen LogP contribution in [0.15, 0.2) is 18.2 Å². The van der Waals surface area contributed by atoms with E-state index < -0.39 is 10.3 Å². The predicted molar refractivity (Wildman–Crippen MR) is 64.8 cm³/mol. The maximum atomic E-state index is 10.9. The van der Waals surface area contributed by atoms with Crippen LogP contribution < -0.4 is 5.73 Å². The number of nitrogens with zero attached hydrogens (tertiary/aromatic N) is 1. The van der Waals surface area contributed by atoms with Crippen LogP contribution in [0.2, 0.25) is 5.02 Å². The summed E-state index contributed by atoms with van der Waals surface area (Å²) in [7, 11) is 0. The Morgan fingerprint density at radius 3 is 2.62 bits per heavy atom. The smallest absolute Gasteiger partial charge is 0.274 e. The van der Waals surface area contributed by atoms with Crippen molar-refractivity contribution in [1.29, 1.82) is 0 Å². The second-order valence-corrected chi connectivity index (χ2v) is 4.72. The lowest BCUT2D eigenvalue weighted by molar-refractivity contribution is -0.386. The van der Waals surface area contributed by atoms with Gasteiger partial charge in [-0.15, -0.1) is 0 Å². The van der Waals surface area contributed by atoms with Crippen LogP contribution >= 0.6 is 11.6 Å². The van der Waals surface area contributed by atoms with Crippen molar-refractivity contribution in [3.05, 3.63) is 38.9 Å². The summed E-state index contributed by atoms with van der Waals surface area (Å²) in [5, 5.41) is 11.4. The van der Waals surface area contributed by atoms with Crippen LogP contribution in [0.25, 0.3) is 0 Å². The van der Waals surface area contributed by atoms with Crippen LogP contribution in [0.1, 0.15) is 25.8 Å². The van der Waals surface area contributed by atoms with Gasteiger partial charge in [0.25, 0.3) is 5.69 Å². The average molecular weight is 243 g/mol. The number of nitro groups is 1. The van der Waals surface area contributed by atoms with Crippen LogP contribution in [0.4, 0.5) is 5.69 Å². The zero-order chi connectivity index (χ0) is 12.3. The Kier molecular flexibility index (Phi) is 3.88. The molecule has 1 rings (SSSR count). The van der Waals surface area contributed by atoms with Crippen molar-refractivity contribution < 1.29 is 4.92 Å². The van der Waals surface area contributed by atoms with Gasteiger partial charge in [-0.3, -0.25) is 10.1 Å². The first-order valence-electron chi connectivity index (χ1n) is 5.03. The van der Waals surface area contributed by atoms with E-state index in [1.807, 2.05) is 13.8 Å². The van der Waals surface area contributed by atoms with Gasteiger partial charge in [0, 0.05) is 6.07 Å². The molecule has 0 heterocycles. The van der Waals surface area contributed by atoms with Gasteiger partial charge >= 0.3 is 0 Å². The first kappa shape index (κ1) is 12.9. The van der Waals surface area contributed by atoms with Crippen LogP contribution in [0.3, 0.4) is 0 Å². The summed E-state index contributed by atoms with van der Waals surface area (Å²) in [6.45, 7) is 4.29. The van der Waals surface area contributed by atoms with E-state index in [4.69, 9.17) is 17.3 Å². The summed E-state index contributed by atoms with van der Waals surface area (Å²) in [5.74, 6) is 0. The summed E-state index contributed by atoms with van der Waals surface area (Å²) in [5.41, 5.74) is 5.75. The molecular formula is C11H15ClN2O2. The molecule has 1 aromatic rings. The fourth-order valence-corrected chi connectivity index (χ4v) is 2.25. The number of nitrogens with two attached hydrogens (primary N) is 1. The summed E-state index contributed by atoms with van der Waals surface area (Å²) in [6, 6.07) is 4.73. The third kappa shape index (κ3) is 2.51. The fraction of sp³-hybridized carbons (Fsp3) is 0.455. The zero-order valence-electron chi connectivity index (χ0n) is 9.37. The highest BCUT2D eigenvalue weighted by molar-refractivity contribution is 6.31. The highest BCUT2D eigenvalue weighted by Gasteiger charge is 2.30. The number of hydrogen-bond donors (Lipinski definition) is 1. The highest BCUT2D eigenvalue weighted by atomic mass is 35.5. The summed E-state index contributed by atoms with van der Waals surface area (Å²) >= 11 is 6.05. The van der Waals surface area contributed by atoms with Gasteiger partial charge in [0.1, 0.15) is 0 Å². The minimum Gasteiger partial charge on any atom is -0.330 e. The normalized spacial score (nSPS) is 11.5. The van der Waals surface area contributed by atoms with Gasteiger partial charge in [0.05, 0.1) is 15.5 Å². The lowest BCUT2D eigenvalue weighted by Crippen LogP contribution is -2.23. The molecule has 0 spiro atoms. The van der Waals surface area contributed by atoms with Gasteiger partial charge in [-0.1, -0.05) is 31.5 Å². The number of hydrogen-bond acceptors (Lipinski definition) is 3. The van der Waals surface area contributed by atoms with Crippen LogP contribution in [0.5, 0.6) is 0 Å². The van der Waals surface area contributed by atoms with Crippen molar-refractivity contribution in [2.24, 2.45) is 5.73 Å². The number of nitro benzene ring substituents is 1. The Morgan fingerprint density at radius 1 is 1.50 bits per heavy atom. The molecular weight excluding hydrogens is 228 g/mol. The molecule has 16 heavy (non-hydrogen) atoms. The molecule has 0 radical (unpaired) electrons. The van der Waals surface area contributed by atoms with Crippen molar-refractivity contribution in [3.63, 3.8) is 0 Å². The molecule has 0 atom stereocenters. The van der Waals surface area contributed by atoms with E-state index in [2.05, 4.69) is 0 Å². The van der Waals surface area contributed by atoms with Gasteiger partial charge in [-0.25, -0.2) is 0 Å². The second-order valence-electron chi connectivity index (χ2n) is 4.31. The lowest BCUT2D eigenvalue weighted by Gasteiger charge is -2.25. The van der Waals surface area contributed by atoms with E-state index in [-0.39, 0.29) is 5.69 Å². The monoisotopic (exact) mass is 242 g/mol. The molecule has 0 aromatic heterocycles. The molecule has 1 aromatic carbocycles. The molecule has 0 aliphatic heterocycles. The largest absolute Gasteiger partial charge is 0.330 e. The van der Waals surface area contributed by atoms with E-state index in [0.29, 0.717) is 23.6 Å². The van der Waals surface area contributed by atoms with Crippen LogP contribution in [-0.4, -0.2) is 11.5 Å². The summed E-state index contributed by atoms with van der Waals surface area (Å²) in [6.07, 6.45) is 0.650. The van der Waals surface area contributed by atoms with Gasteiger partial charge in [0.2, 0.25) is 0 Å². The van der Waals surface area contributed by atoms with Crippen molar-refractivity contribution in [2.45, 2.75) is 25.7 Å². The van der Waals surface area contributed by atoms with E-state index in [9.17, 15) is 10.1 Å². The third-order valence-electron chi connectivity index (χ3n) is 2.63. The van der Waals surface area contributed by atoms with Crippen molar-refractivity contribution in [3.8, 4) is 0 Å². The first-order chi connectivity index (χ1) is 7.40. The number of rotatable bonds is 4. The van der Waals surface area contributed by atoms with Gasteiger partial charge in [0.15, 0.2) is 0 Å². The molecule has 0 saturated heterocycles. The van der Waals surface area contributed by atoms with E-state index in [1.54, 1.807) is 12.1 Å². The zero-order valence-corrected chi connectivity index (χ0v) is 10.1. The maximum absolute atomic E-state index is 10.9. The average Bonchev–Trinajstić information content (AvgIpc) is 2.16. The molecule has 88 valence electrons. The van der Waals surface area contributed by atoms with Gasteiger partial charge in [-0.05, 0) is 24.4 Å². The third-order valence-corrected chi connectivity index (χ3v) is 2.95. The molecule has 0 aliphatic rings. The van der Waals surface area contributed by atoms with Crippen LogP contribution in [-0.2, 0) is 5.41 Å². The fourth-order valence-electron chi connectivity index (χ4n) is 1.82. The van der Waals surface area contributed by atoms with Crippen molar-refractivity contribution in [2.75, 3.05) is 6.54 Å². The van der Waals surface area contributed by atoms with Crippen molar-refractivity contribution in [1.82, 2.24) is 0 Å². The van der Waals surface area contributed by atoms with E-state index in [0.717, 1.165) is 0 Å². The topological polar surface area (TPSA) is 69.2 Å². The number of halogens is 1. The van der Waals surface area contributed by atoms with Gasteiger partial charge < -0.3 is 5.73 Å². The van der Waals surface area contributed by atoms with Crippen molar-refractivity contribution >= 4 is 17.3 Å². The Labute approximate surface area is 99.6 Å².